The molecule has 0 amide bonds. The lowest BCUT2D eigenvalue weighted by Crippen LogP contribution is -2.08. The Morgan fingerprint density at radius 1 is 1.19 bits per heavy atom. The lowest BCUT2D eigenvalue weighted by Gasteiger charge is -2.17. The van der Waals surface area contributed by atoms with Crippen molar-refractivity contribution < 1.29 is 9.90 Å². The second-order valence-electron chi connectivity index (χ2n) is 4.79. The van der Waals surface area contributed by atoms with E-state index in [9.17, 15) is 4.79 Å². The average Bonchev–Trinajstić information content (AvgIpc) is 2.46. The molecule has 1 N–H and O–H groups in total. The van der Waals surface area contributed by atoms with Gasteiger partial charge in [0.05, 0.1) is 6.42 Å². The molecule has 0 aromatic heterocycles. The Labute approximate surface area is 128 Å². The van der Waals surface area contributed by atoms with Crippen LogP contribution in [0.2, 0.25) is 0 Å². The van der Waals surface area contributed by atoms with Crippen molar-refractivity contribution in [3.63, 3.8) is 0 Å². The van der Waals surface area contributed by atoms with E-state index < -0.39 is 5.97 Å². The number of carbonyl (C=O) groups is 1. The molecule has 21 heavy (non-hydrogen) atoms. The van der Waals surface area contributed by atoms with Gasteiger partial charge < -0.3 is 5.11 Å². The van der Waals surface area contributed by atoms with Gasteiger partial charge in [-0.25, -0.2) is 0 Å². The molecule has 0 aliphatic rings. The van der Waals surface area contributed by atoms with E-state index in [0.29, 0.717) is 0 Å². The van der Waals surface area contributed by atoms with Crippen molar-refractivity contribution in [1.29, 1.82) is 0 Å². The van der Waals surface area contributed by atoms with Gasteiger partial charge in [0.2, 0.25) is 0 Å². The number of allylic oxidation sites excluding steroid dienone is 4. The maximum Gasteiger partial charge on any atom is 0.304 e. The number of benzene rings is 1. The van der Waals surface area contributed by atoms with Crippen molar-refractivity contribution in [2.75, 3.05) is 0 Å². The van der Waals surface area contributed by atoms with Crippen molar-refractivity contribution in [3.05, 3.63) is 65.8 Å². The van der Waals surface area contributed by atoms with E-state index >= 15 is 0 Å². The van der Waals surface area contributed by atoms with Gasteiger partial charge in [0, 0.05) is 5.92 Å². The van der Waals surface area contributed by atoms with E-state index in [2.05, 4.69) is 6.58 Å². The molecular formula is C19H26O2. The second-order valence-corrected chi connectivity index (χ2v) is 4.79. The molecule has 2 nitrogen and oxygen atoms in total. The van der Waals surface area contributed by atoms with E-state index in [1.165, 1.54) is 0 Å². The summed E-state index contributed by atoms with van der Waals surface area (Å²) < 4.78 is 0. The Kier molecular flexibility index (Phi) is 9.61. The SMILES string of the molecule is C/C=C\C.C=C(C)C(CC(=O)O)c1ccccc1/C=C\C. The zero-order valence-corrected chi connectivity index (χ0v) is 13.5. The van der Waals surface area contributed by atoms with Crippen LogP contribution in [0, 0.1) is 0 Å². The summed E-state index contributed by atoms with van der Waals surface area (Å²) in [6, 6.07) is 7.85. The van der Waals surface area contributed by atoms with Gasteiger partial charge in [-0.1, -0.05) is 60.7 Å². The van der Waals surface area contributed by atoms with Crippen LogP contribution in [0.25, 0.3) is 6.08 Å². The molecule has 0 radical (unpaired) electrons. The molecule has 0 spiro atoms. The van der Waals surface area contributed by atoms with Gasteiger partial charge in [0.25, 0.3) is 0 Å². The van der Waals surface area contributed by atoms with Crippen molar-refractivity contribution >= 4 is 12.0 Å². The van der Waals surface area contributed by atoms with Gasteiger partial charge in [-0.05, 0) is 38.8 Å². The molecule has 0 saturated carbocycles. The molecule has 2 heteroatoms. The number of aliphatic carboxylic acids is 1. The Morgan fingerprint density at radius 3 is 2.19 bits per heavy atom. The highest BCUT2D eigenvalue weighted by molar-refractivity contribution is 5.70. The van der Waals surface area contributed by atoms with E-state index in [-0.39, 0.29) is 12.3 Å². The molecule has 0 heterocycles. The molecule has 1 atom stereocenters. The Bertz CT molecular complexity index is 506. The minimum absolute atomic E-state index is 0.0872. The van der Waals surface area contributed by atoms with Gasteiger partial charge in [-0.2, -0.15) is 0 Å². The first-order valence-corrected chi connectivity index (χ1v) is 7.14. The molecule has 1 aromatic carbocycles. The van der Waals surface area contributed by atoms with E-state index in [1.54, 1.807) is 0 Å². The van der Waals surface area contributed by atoms with Crippen LogP contribution in [0.15, 0.2) is 54.6 Å². The minimum atomic E-state index is -0.798. The standard InChI is InChI=1S/C15H18O2.C4H8/c1-4-7-12-8-5-6-9-13(12)14(11(2)3)10-15(16)17;1-3-4-2/h4-9,14H,2,10H2,1,3H3,(H,16,17);3-4H,1-2H3/b7-4-;4-3-. The zero-order valence-electron chi connectivity index (χ0n) is 13.5. The predicted molar refractivity (Wildman–Crippen MR) is 91.4 cm³/mol. The summed E-state index contributed by atoms with van der Waals surface area (Å²) in [5, 5.41) is 8.96. The van der Waals surface area contributed by atoms with Crippen LogP contribution < -0.4 is 0 Å². The highest BCUT2D eigenvalue weighted by Gasteiger charge is 2.18. The molecule has 0 aliphatic heterocycles. The predicted octanol–water partition coefficient (Wildman–Crippen LogP) is 5.44. The summed E-state index contributed by atoms with van der Waals surface area (Å²) in [4.78, 5) is 10.9. The molecule has 0 aliphatic carbocycles. The van der Waals surface area contributed by atoms with Gasteiger partial charge in [-0.3, -0.25) is 4.79 Å². The quantitative estimate of drug-likeness (QED) is 0.732. The normalized spacial score (nSPS) is 12.0. The van der Waals surface area contributed by atoms with Crippen LogP contribution >= 0.6 is 0 Å². The smallest absolute Gasteiger partial charge is 0.304 e. The first-order chi connectivity index (χ1) is 9.97. The van der Waals surface area contributed by atoms with Crippen LogP contribution in [0.3, 0.4) is 0 Å². The number of carboxylic acids is 1. The zero-order chi connectivity index (χ0) is 16.3. The van der Waals surface area contributed by atoms with E-state index in [1.807, 2.05) is 76.3 Å². The molecule has 0 fully saturated rings. The molecular weight excluding hydrogens is 260 g/mol. The number of rotatable bonds is 5. The monoisotopic (exact) mass is 286 g/mol. The fraction of sp³-hybridized carbons (Fsp3) is 0.316. The number of carboxylic acid groups (broad SMARTS) is 1. The Balaban J connectivity index is 0.000000885. The lowest BCUT2D eigenvalue weighted by molar-refractivity contribution is -0.137. The summed E-state index contributed by atoms with van der Waals surface area (Å²) in [5.41, 5.74) is 2.97. The second kappa shape index (κ2) is 10.7. The van der Waals surface area contributed by atoms with Crippen molar-refractivity contribution in [3.8, 4) is 0 Å². The summed E-state index contributed by atoms with van der Waals surface area (Å²) in [7, 11) is 0. The van der Waals surface area contributed by atoms with Crippen molar-refractivity contribution in [2.45, 2.75) is 40.0 Å². The van der Waals surface area contributed by atoms with E-state index in [0.717, 1.165) is 16.7 Å². The third-order valence-electron chi connectivity index (χ3n) is 3.02. The largest absolute Gasteiger partial charge is 0.481 e. The fourth-order valence-corrected chi connectivity index (χ4v) is 1.88. The van der Waals surface area contributed by atoms with Crippen LogP contribution in [-0.2, 0) is 4.79 Å². The van der Waals surface area contributed by atoms with E-state index in [4.69, 9.17) is 5.11 Å². The first kappa shape index (κ1) is 18.9. The van der Waals surface area contributed by atoms with Crippen LogP contribution in [0.4, 0.5) is 0 Å². The summed E-state index contributed by atoms with van der Waals surface area (Å²) in [6.45, 7) is 11.7. The van der Waals surface area contributed by atoms with Crippen molar-refractivity contribution in [1.82, 2.24) is 0 Å². The third-order valence-corrected chi connectivity index (χ3v) is 3.02. The van der Waals surface area contributed by atoms with Gasteiger partial charge in [0.1, 0.15) is 0 Å². The maximum absolute atomic E-state index is 10.9. The van der Waals surface area contributed by atoms with Crippen LogP contribution in [-0.4, -0.2) is 11.1 Å². The maximum atomic E-state index is 10.9. The van der Waals surface area contributed by atoms with Crippen LogP contribution in [0.1, 0.15) is 51.2 Å². The number of hydrogen-bond donors (Lipinski definition) is 1. The third kappa shape index (κ3) is 7.31. The van der Waals surface area contributed by atoms with Crippen LogP contribution in [0.5, 0.6) is 0 Å². The highest BCUT2D eigenvalue weighted by atomic mass is 16.4. The summed E-state index contributed by atoms with van der Waals surface area (Å²) in [6.07, 6.45) is 8.03. The topological polar surface area (TPSA) is 37.3 Å². The van der Waals surface area contributed by atoms with Gasteiger partial charge in [0.15, 0.2) is 0 Å². The molecule has 0 saturated heterocycles. The molecule has 1 unspecified atom stereocenters. The fourth-order valence-electron chi connectivity index (χ4n) is 1.88. The average molecular weight is 286 g/mol. The summed E-state index contributed by atoms with van der Waals surface area (Å²) >= 11 is 0. The molecule has 1 aromatic rings. The minimum Gasteiger partial charge on any atom is -0.481 e. The lowest BCUT2D eigenvalue weighted by atomic mass is 9.87. The first-order valence-electron chi connectivity index (χ1n) is 7.14. The van der Waals surface area contributed by atoms with Gasteiger partial charge >= 0.3 is 5.97 Å². The molecule has 0 bridgehead atoms. The van der Waals surface area contributed by atoms with Crippen molar-refractivity contribution in [2.24, 2.45) is 0 Å². The number of hydrogen-bond acceptors (Lipinski definition) is 1. The van der Waals surface area contributed by atoms with Gasteiger partial charge in [-0.15, -0.1) is 0 Å². The molecule has 1 rings (SSSR count). The molecule has 114 valence electrons. The summed E-state index contributed by atoms with van der Waals surface area (Å²) in [5.74, 6) is -0.923. The Morgan fingerprint density at radius 2 is 1.76 bits per heavy atom. The highest BCUT2D eigenvalue weighted by Crippen LogP contribution is 2.30. The Hall–Kier alpha value is -2.09.